The molecule has 1 aliphatic heterocycles. The van der Waals surface area contributed by atoms with Gasteiger partial charge in [-0.2, -0.15) is 0 Å². The van der Waals surface area contributed by atoms with Crippen molar-refractivity contribution in [1.82, 2.24) is 42.1 Å². The molecule has 11 N–H and O–H groups in total. The maximum atomic E-state index is 12.8. The van der Waals surface area contributed by atoms with Crippen LogP contribution in [0.15, 0.2) is 0 Å². The Balaban J connectivity index is 2.46. The molecular formula is C23H37N9O11. The van der Waals surface area contributed by atoms with E-state index in [0.29, 0.717) is 6.42 Å². The number of aliphatic carboxylic acids is 1. The summed E-state index contributed by atoms with van der Waals surface area (Å²) in [5, 5.41) is 33.6. The van der Waals surface area contributed by atoms with Gasteiger partial charge in [0, 0.05) is 6.54 Å². The summed E-state index contributed by atoms with van der Waals surface area (Å²) in [4.78, 5) is 108. The average Bonchev–Trinajstić information content (AvgIpc) is 3.48. The lowest BCUT2D eigenvalue weighted by atomic mass is 10.1. The molecule has 1 aliphatic rings. The summed E-state index contributed by atoms with van der Waals surface area (Å²) in [7, 11) is 0. The van der Waals surface area contributed by atoms with E-state index in [1.807, 2.05) is 5.32 Å². The molecule has 20 nitrogen and oxygen atoms in total. The molecule has 0 aromatic rings. The molecule has 20 heteroatoms. The van der Waals surface area contributed by atoms with E-state index < -0.39 is 111 Å². The number of carbonyl (C=O) groups is 9. The van der Waals surface area contributed by atoms with Crippen LogP contribution < -0.4 is 43.0 Å². The highest BCUT2D eigenvalue weighted by Gasteiger charge is 2.35. The number of aliphatic hydroxyl groups excluding tert-OH is 1. The standard InChI is InChI=1S/C23H37N9O11/c1-12(30-15(34)5-24)21(41)28-7-17(36)25-6-16(35)26-9-19(38)32-4-2-3-14(32)23(43)31-13(11-33)22(42)29-8-18(37)27-10-20(39)40/h12-14,33H,2-11,24H2,1H3,(H,25,36)(H,26,35)(H,27,37)(H,28,41)(H,29,42)(H,30,34)(H,31,43)(H,39,40)/t12-,13-,14-/m0/s1. The van der Waals surface area contributed by atoms with Crippen LogP contribution in [0.4, 0.5) is 0 Å². The van der Waals surface area contributed by atoms with Crippen molar-refractivity contribution in [2.75, 3.05) is 52.4 Å². The monoisotopic (exact) mass is 615 g/mol. The van der Waals surface area contributed by atoms with Crippen LogP contribution in [0, 0.1) is 0 Å². The molecule has 0 radical (unpaired) electrons. The third-order valence-electron chi connectivity index (χ3n) is 5.81. The second-order valence-corrected chi connectivity index (χ2v) is 9.14. The predicted molar refractivity (Wildman–Crippen MR) is 143 cm³/mol. The minimum atomic E-state index is -1.46. The van der Waals surface area contributed by atoms with E-state index in [1.54, 1.807) is 0 Å². The Kier molecular flexibility index (Phi) is 15.6. The molecule has 43 heavy (non-hydrogen) atoms. The molecule has 240 valence electrons. The Morgan fingerprint density at radius 2 is 1.30 bits per heavy atom. The van der Waals surface area contributed by atoms with E-state index >= 15 is 0 Å². The number of nitrogens with two attached hydrogens (primary N) is 1. The van der Waals surface area contributed by atoms with Gasteiger partial charge in [-0.3, -0.25) is 43.2 Å². The normalized spacial score (nSPS) is 15.2. The molecule has 0 aromatic carbocycles. The molecule has 0 aromatic heterocycles. The highest BCUT2D eigenvalue weighted by Crippen LogP contribution is 2.17. The number of carbonyl (C=O) groups excluding carboxylic acids is 8. The van der Waals surface area contributed by atoms with Crippen LogP contribution in [0.2, 0.25) is 0 Å². The van der Waals surface area contributed by atoms with Gasteiger partial charge in [0.1, 0.15) is 24.7 Å². The number of likely N-dealkylation sites (tertiary alicyclic amines) is 1. The Hall–Kier alpha value is -4.85. The second kappa shape index (κ2) is 18.6. The largest absolute Gasteiger partial charge is 0.480 e. The SMILES string of the molecule is C[C@H](NC(=O)CN)C(=O)NCC(=O)NCC(=O)NCC(=O)N1CCC[C@H]1C(=O)N[C@@H](CO)C(=O)NCC(=O)NCC(=O)O. The summed E-state index contributed by atoms with van der Waals surface area (Å²) >= 11 is 0. The van der Waals surface area contributed by atoms with Crippen LogP contribution in [-0.2, 0) is 43.2 Å². The zero-order chi connectivity index (χ0) is 32.5. The summed E-state index contributed by atoms with van der Waals surface area (Å²) in [5.74, 6) is -7.06. The van der Waals surface area contributed by atoms with Crippen LogP contribution in [0.25, 0.3) is 0 Å². The molecule has 0 unspecified atom stereocenters. The van der Waals surface area contributed by atoms with Crippen LogP contribution in [0.3, 0.4) is 0 Å². The van der Waals surface area contributed by atoms with Gasteiger partial charge in [0.2, 0.25) is 47.3 Å². The van der Waals surface area contributed by atoms with Gasteiger partial charge < -0.3 is 58.1 Å². The highest BCUT2D eigenvalue weighted by molar-refractivity contribution is 5.95. The van der Waals surface area contributed by atoms with Crippen LogP contribution in [0.1, 0.15) is 19.8 Å². The summed E-state index contributed by atoms with van der Waals surface area (Å²) < 4.78 is 0. The van der Waals surface area contributed by atoms with Crippen molar-refractivity contribution in [3.05, 3.63) is 0 Å². The molecule has 1 fully saturated rings. The smallest absolute Gasteiger partial charge is 0.322 e. The molecule has 0 aliphatic carbocycles. The number of amides is 8. The minimum Gasteiger partial charge on any atom is -0.480 e. The maximum Gasteiger partial charge on any atom is 0.322 e. The first kappa shape index (κ1) is 36.2. The number of nitrogens with one attached hydrogen (secondary N) is 7. The lowest BCUT2D eigenvalue weighted by Gasteiger charge is -2.26. The average molecular weight is 616 g/mol. The van der Waals surface area contributed by atoms with Crippen molar-refractivity contribution >= 4 is 53.2 Å². The maximum absolute atomic E-state index is 12.8. The first-order chi connectivity index (χ1) is 20.3. The Morgan fingerprint density at radius 1 is 0.767 bits per heavy atom. The minimum absolute atomic E-state index is 0.174. The van der Waals surface area contributed by atoms with Crippen LogP contribution in [-0.4, -0.2) is 139 Å². The van der Waals surface area contributed by atoms with Crippen molar-refractivity contribution in [3.8, 4) is 0 Å². The molecule has 1 heterocycles. The number of aliphatic hydroxyl groups is 1. The third-order valence-corrected chi connectivity index (χ3v) is 5.81. The van der Waals surface area contributed by atoms with Gasteiger partial charge in [-0.15, -0.1) is 0 Å². The van der Waals surface area contributed by atoms with Gasteiger partial charge >= 0.3 is 5.97 Å². The van der Waals surface area contributed by atoms with Gasteiger partial charge in [0.25, 0.3) is 0 Å². The molecule has 1 saturated heterocycles. The zero-order valence-electron chi connectivity index (χ0n) is 23.4. The van der Waals surface area contributed by atoms with Gasteiger partial charge in [-0.1, -0.05) is 0 Å². The Morgan fingerprint density at radius 3 is 1.86 bits per heavy atom. The highest BCUT2D eigenvalue weighted by atomic mass is 16.4. The van der Waals surface area contributed by atoms with Crippen molar-refractivity contribution in [2.45, 2.75) is 37.9 Å². The van der Waals surface area contributed by atoms with E-state index in [1.165, 1.54) is 11.8 Å². The molecule has 0 bridgehead atoms. The van der Waals surface area contributed by atoms with E-state index in [0.717, 1.165) is 0 Å². The molecule has 8 amide bonds. The fourth-order valence-corrected chi connectivity index (χ4v) is 3.59. The Bertz CT molecular complexity index is 1080. The Labute approximate surface area is 245 Å². The van der Waals surface area contributed by atoms with E-state index in [2.05, 4.69) is 31.9 Å². The van der Waals surface area contributed by atoms with Crippen molar-refractivity contribution in [3.63, 3.8) is 0 Å². The number of carboxylic acid groups (broad SMARTS) is 1. The summed E-state index contributed by atoms with van der Waals surface area (Å²) in [5.41, 5.74) is 5.14. The van der Waals surface area contributed by atoms with E-state index in [9.17, 15) is 48.3 Å². The van der Waals surface area contributed by atoms with Crippen molar-refractivity contribution in [2.24, 2.45) is 5.73 Å². The van der Waals surface area contributed by atoms with Gasteiger partial charge in [-0.05, 0) is 19.8 Å². The summed E-state index contributed by atoms with van der Waals surface area (Å²) in [6, 6.07) is -3.41. The lowest BCUT2D eigenvalue weighted by Crippen LogP contribution is -2.56. The fraction of sp³-hybridized carbons (Fsp3) is 0.609. The van der Waals surface area contributed by atoms with Crippen LogP contribution >= 0.6 is 0 Å². The fourth-order valence-electron chi connectivity index (χ4n) is 3.59. The number of hydrogen-bond donors (Lipinski definition) is 10. The van der Waals surface area contributed by atoms with Gasteiger partial charge in [0.15, 0.2) is 0 Å². The zero-order valence-corrected chi connectivity index (χ0v) is 23.4. The first-order valence-corrected chi connectivity index (χ1v) is 13.1. The molecule has 0 saturated carbocycles. The molecule has 0 spiro atoms. The van der Waals surface area contributed by atoms with Gasteiger partial charge in [-0.25, -0.2) is 0 Å². The summed E-state index contributed by atoms with van der Waals surface area (Å²) in [6.45, 7) is -2.36. The van der Waals surface area contributed by atoms with E-state index in [-0.39, 0.29) is 19.5 Å². The van der Waals surface area contributed by atoms with Crippen LogP contribution in [0.5, 0.6) is 0 Å². The second-order valence-electron chi connectivity index (χ2n) is 9.14. The number of hydrogen-bond acceptors (Lipinski definition) is 11. The lowest BCUT2D eigenvalue weighted by molar-refractivity contribution is -0.140. The van der Waals surface area contributed by atoms with E-state index in [4.69, 9.17) is 10.8 Å². The van der Waals surface area contributed by atoms with Crippen molar-refractivity contribution < 1.29 is 53.4 Å². The quantitative estimate of drug-likeness (QED) is 0.0730. The first-order valence-electron chi connectivity index (χ1n) is 13.1. The number of nitrogens with zero attached hydrogens (tertiary/aromatic N) is 1. The van der Waals surface area contributed by atoms with Gasteiger partial charge in [0.05, 0.1) is 39.3 Å². The van der Waals surface area contributed by atoms with Crippen molar-refractivity contribution in [1.29, 1.82) is 0 Å². The molecular weight excluding hydrogens is 578 g/mol. The molecule has 3 atom stereocenters. The molecule has 1 rings (SSSR count). The predicted octanol–water partition coefficient (Wildman–Crippen LogP) is -7.42. The third kappa shape index (κ3) is 13.6. The summed E-state index contributed by atoms with van der Waals surface area (Å²) in [6.07, 6.45) is 0.674. The number of rotatable bonds is 17. The number of carboxylic acids is 1. The topological polar surface area (TPSA) is 308 Å².